The predicted octanol–water partition coefficient (Wildman–Crippen LogP) is 2.88. The monoisotopic (exact) mass is 293 g/mol. The van der Waals surface area contributed by atoms with Gasteiger partial charge in [-0.05, 0) is 44.9 Å². The normalized spacial score (nSPS) is 11.2. The smallest absolute Gasteiger partial charge is 0.226 e. The second-order valence-electron chi connectivity index (χ2n) is 5.05. The van der Waals surface area contributed by atoms with Crippen LogP contribution >= 0.6 is 11.3 Å². The van der Waals surface area contributed by atoms with Crippen molar-refractivity contribution >= 4 is 33.3 Å². The van der Waals surface area contributed by atoms with Gasteiger partial charge in [0.2, 0.25) is 5.95 Å². The lowest BCUT2D eigenvalue weighted by Gasteiger charge is -2.12. The average Bonchev–Trinajstić information content (AvgIpc) is 2.89. The number of aromatic nitrogens is 2. The van der Waals surface area contributed by atoms with Crippen LogP contribution in [0.15, 0.2) is 11.4 Å². The molecular weight excluding hydrogens is 270 g/mol. The van der Waals surface area contributed by atoms with Gasteiger partial charge in [0.25, 0.3) is 0 Å². The van der Waals surface area contributed by atoms with Gasteiger partial charge in [0.15, 0.2) is 0 Å². The Kier molecular flexibility index (Phi) is 5.55. The van der Waals surface area contributed by atoms with Crippen LogP contribution in [-0.2, 0) is 0 Å². The van der Waals surface area contributed by atoms with Gasteiger partial charge >= 0.3 is 0 Å². The molecule has 2 heterocycles. The fourth-order valence-corrected chi connectivity index (χ4v) is 2.67. The quantitative estimate of drug-likeness (QED) is 0.733. The van der Waals surface area contributed by atoms with E-state index in [0.717, 1.165) is 54.5 Å². The highest BCUT2D eigenvalue weighted by Gasteiger charge is 2.08. The van der Waals surface area contributed by atoms with Crippen LogP contribution in [0, 0.1) is 0 Å². The fraction of sp³-hybridized carbons (Fsp3) is 0.571. The highest BCUT2D eigenvalue weighted by molar-refractivity contribution is 7.16. The molecule has 0 radical (unpaired) electrons. The summed E-state index contributed by atoms with van der Waals surface area (Å²) in [5.41, 5.74) is 0. The zero-order chi connectivity index (χ0) is 14.4. The number of fused-ring (bicyclic) bond motifs is 1. The summed E-state index contributed by atoms with van der Waals surface area (Å²) < 4.78 is 0. The van der Waals surface area contributed by atoms with E-state index < -0.39 is 0 Å². The second-order valence-corrected chi connectivity index (χ2v) is 5.94. The zero-order valence-electron chi connectivity index (χ0n) is 12.4. The molecular formula is C14H23N5S. The third-order valence-electron chi connectivity index (χ3n) is 2.93. The minimum atomic E-state index is 0.719. The summed E-state index contributed by atoms with van der Waals surface area (Å²) in [6.07, 6.45) is 2.16. The lowest BCUT2D eigenvalue weighted by molar-refractivity contribution is 0.405. The Morgan fingerprint density at radius 3 is 2.80 bits per heavy atom. The number of nitrogens with one attached hydrogen (secondary N) is 2. The van der Waals surface area contributed by atoms with Gasteiger partial charge in [0.1, 0.15) is 10.6 Å². The fourth-order valence-electron chi connectivity index (χ4n) is 1.91. The predicted molar refractivity (Wildman–Crippen MR) is 87.9 cm³/mol. The molecule has 0 bridgehead atoms. The number of anilines is 2. The molecule has 2 aromatic heterocycles. The van der Waals surface area contributed by atoms with Crippen LogP contribution in [0.2, 0.25) is 0 Å². The van der Waals surface area contributed by atoms with Gasteiger partial charge < -0.3 is 15.5 Å². The van der Waals surface area contributed by atoms with Gasteiger partial charge in [-0.25, -0.2) is 4.98 Å². The molecule has 2 rings (SSSR count). The van der Waals surface area contributed by atoms with E-state index in [1.807, 2.05) is 0 Å². The third-order valence-corrected chi connectivity index (χ3v) is 3.74. The van der Waals surface area contributed by atoms with E-state index in [0.29, 0.717) is 0 Å². The van der Waals surface area contributed by atoms with Crippen LogP contribution in [0.5, 0.6) is 0 Å². The lowest BCUT2D eigenvalue weighted by Crippen LogP contribution is -2.17. The van der Waals surface area contributed by atoms with E-state index >= 15 is 0 Å². The summed E-state index contributed by atoms with van der Waals surface area (Å²) in [4.78, 5) is 12.4. The molecule has 0 aliphatic rings. The summed E-state index contributed by atoms with van der Waals surface area (Å²) >= 11 is 1.65. The summed E-state index contributed by atoms with van der Waals surface area (Å²) in [6, 6.07) is 2.08. The van der Waals surface area contributed by atoms with Gasteiger partial charge in [0, 0.05) is 13.1 Å². The molecule has 20 heavy (non-hydrogen) atoms. The largest absolute Gasteiger partial charge is 0.369 e. The summed E-state index contributed by atoms with van der Waals surface area (Å²) in [5.74, 6) is 1.66. The summed E-state index contributed by atoms with van der Waals surface area (Å²) in [7, 11) is 4.18. The first-order valence-corrected chi connectivity index (χ1v) is 7.96. The van der Waals surface area contributed by atoms with E-state index in [9.17, 15) is 0 Å². The van der Waals surface area contributed by atoms with Crippen molar-refractivity contribution in [2.45, 2.75) is 19.8 Å². The van der Waals surface area contributed by atoms with Crippen molar-refractivity contribution in [2.24, 2.45) is 0 Å². The molecule has 6 heteroatoms. The zero-order valence-corrected chi connectivity index (χ0v) is 13.3. The van der Waals surface area contributed by atoms with Crippen LogP contribution in [0.1, 0.15) is 19.8 Å². The Bertz CT molecular complexity index is 537. The molecule has 0 spiro atoms. The van der Waals surface area contributed by atoms with Crippen LogP contribution in [-0.4, -0.2) is 48.6 Å². The molecule has 0 amide bonds. The Balaban J connectivity index is 2.07. The number of hydrogen-bond acceptors (Lipinski definition) is 6. The first-order chi connectivity index (χ1) is 9.70. The van der Waals surface area contributed by atoms with Crippen LogP contribution in [0.4, 0.5) is 11.8 Å². The molecule has 0 atom stereocenters. The molecule has 110 valence electrons. The number of thiophene rings is 1. The van der Waals surface area contributed by atoms with E-state index in [4.69, 9.17) is 0 Å². The van der Waals surface area contributed by atoms with Crippen molar-refractivity contribution in [1.29, 1.82) is 0 Å². The van der Waals surface area contributed by atoms with Gasteiger partial charge in [-0.2, -0.15) is 4.98 Å². The first kappa shape index (κ1) is 15.0. The van der Waals surface area contributed by atoms with E-state index in [1.165, 1.54) is 0 Å². The Morgan fingerprint density at radius 1 is 1.20 bits per heavy atom. The first-order valence-electron chi connectivity index (χ1n) is 7.08. The van der Waals surface area contributed by atoms with Crippen molar-refractivity contribution in [1.82, 2.24) is 14.9 Å². The third kappa shape index (κ3) is 4.05. The molecule has 0 saturated carbocycles. The molecule has 2 aromatic rings. The molecule has 0 aromatic carbocycles. The second kappa shape index (κ2) is 7.40. The molecule has 0 aliphatic carbocycles. The van der Waals surface area contributed by atoms with Crippen molar-refractivity contribution in [3.8, 4) is 0 Å². The number of rotatable bonds is 8. The Hall–Kier alpha value is -1.40. The average molecular weight is 293 g/mol. The maximum Gasteiger partial charge on any atom is 0.226 e. The summed E-state index contributed by atoms with van der Waals surface area (Å²) in [6.45, 7) is 5.03. The SMILES string of the molecule is CCCNc1nc(NCCCN(C)C)c2ccsc2n1. The van der Waals surface area contributed by atoms with Crippen LogP contribution < -0.4 is 10.6 Å². The van der Waals surface area contributed by atoms with Crippen molar-refractivity contribution in [2.75, 3.05) is 44.4 Å². The van der Waals surface area contributed by atoms with Crippen molar-refractivity contribution < 1.29 is 0 Å². The van der Waals surface area contributed by atoms with E-state index in [2.05, 4.69) is 58.0 Å². The molecule has 0 unspecified atom stereocenters. The minimum Gasteiger partial charge on any atom is -0.369 e. The Morgan fingerprint density at radius 2 is 2.05 bits per heavy atom. The highest BCUT2D eigenvalue weighted by Crippen LogP contribution is 2.26. The van der Waals surface area contributed by atoms with Crippen LogP contribution in [0.3, 0.4) is 0 Å². The highest BCUT2D eigenvalue weighted by atomic mass is 32.1. The molecule has 0 fully saturated rings. The molecule has 2 N–H and O–H groups in total. The van der Waals surface area contributed by atoms with Gasteiger partial charge in [0.05, 0.1) is 5.39 Å². The minimum absolute atomic E-state index is 0.719. The standard InChI is InChI=1S/C14H23N5S/c1-4-7-16-14-17-12(15-8-5-9-19(2)3)11-6-10-20-13(11)18-14/h6,10H,4-5,7-9H2,1-3H3,(H2,15,16,17,18). The molecule has 0 aliphatic heterocycles. The maximum atomic E-state index is 4.59. The lowest BCUT2D eigenvalue weighted by atomic mass is 10.3. The van der Waals surface area contributed by atoms with Gasteiger partial charge in [-0.3, -0.25) is 0 Å². The maximum absolute atomic E-state index is 4.59. The summed E-state index contributed by atoms with van der Waals surface area (Å²) in [5, 5.41) is 9.87. The Labute approximate surface area is 124 Å². The van der Waals surface area contributed by atoms with E-state index in [-0.39, 0.29) is 0 Å². The number of nitrogens with zero attached hydrogens (tertiary/aromatic N) is 3. The number of hydrogen-bond donors (Lipinski definition) is 2. The van der Waals surface area contributed by atoms with Crippen molar-refractivity contribution in [3.05, 3.63) is 11.4 Å². The van der Waals surface area contributed by atoms with Gasteiger partial charge in [-0.15, -0.1) is 11.3 Å². The van der Waals surface area contributed by atoms with Crippen LogP contribution in [0.25, 0.3) is 10.2 Å². The van der Waals surface area contributed by atoms with E-state index in [1.54, 1.807) is 11.3 Å². The topological polar surface area (TPSA) is 53.1 Å². The molecule has 5 nitrogen and oxygen atoms in total. The van der Waals surface area contributed by atoms with Gasteiger partial charge in [-0.1, -0.05) is 6.92 Å². The molecule has 0 saturated heterocycles. The van der Waals surface area contributed by atoms with Crippen molar-refractivity contribution in [3.63, 3.8) is 0 Å².